The van der Waals surface area contributed by atoms with Gasteiger partial charge < -0.3 is 10.1 Å². The van der Waals surface area contributed by atoms with E-state index < -0.39 is 0 Å². The smallest absolute Gasteiger partial charge is 0.130 e. The Kier molecular flexibility index (Phi) is 3.61. The summed E-state index contributed by atoms with van der Waals surface area (Å²) in [5.74, 6) is 0.695. The summed E-state index contributed by atoms with van der Waals surface area (Å²) in [6.45, 7) is 1.63. The molecule has 2 aromatic heterocycles. The minimum atomic E-state index is 0.274. The second-order valence-electron chi connectivity index (χ2n) is 4.75. The Morgan fingerprint density at radius 3 is 3.10 bits per heavy atom. The Hall–Kier alpha value is -2.39. The summed E-state index contributed by atoms with van der Waals surface area (Å²) in [4.78, 5) is 4.16. The van der Waals surface area contributed by atoms with Crippen molar-refractivity contribution in [2.75, 3.05) is 11.9 Å². The van der Waals surface area contributed by atoms with Gasteiger partial charge in [-0.25, -0.2) is 4.98 Å². The average molecular weight is 269 g/mol. The molecule has 0 radical (unpaired) electrons. The number of rotatable bonds is 4. The monoisotopic (exact) mass is 269 g/mol. The minimum Gasteiger partial charge on any atom is -0.376 e. The first-order valence-corrected chi connectivity index (χ1v) is 6.61. The van der Waals surface area contributed by atoms with Crippen LogP contribution in [0, 0.1) is 11.3 Å². The molecule has 1 fully saturated rings. The van der Waals surface area contributed by atoms with E-state index in [2.05, 4.69) is 15.4 Å². The predicted octanol–water partition coefficient (Wildman–Crippen LogP) is 2.07. The molecule has 0 aliphatic carbocycles. The van der Waals surface area contributed by atoms with Crippen molar-refractivity contribution in [3.8, 4) is 6.07 Å². The number of nitriles is 1. The van der Waals surface area contributed by atoms with Crippen LogP contribution in [-0.4, -0.2) is 27.5 Å². The summed E-state index contributed by atoms with van der Waals surface area (Å²) < 4.78 is 7.46. The van der Waals surface area contributed by atoms with Crippen LogP contribution in [0.5, 0.6) is 0 Å². The largest absolute Gasteiger partial charge is 0.376 e. The summed E-state index contributed by atoms with van der Waals surface area (Å²) in [7, 11) is 0. The summed E-state index contributed by atoms with van der Waals surface area (Å²) in [5.41, 5.74) is 1.42. The molecule has 0 aromatic carbocycles. The molecule has 20 heavy (non-hydrogen) atoms. The second kappa shape index (κ2) is 5.72. The molecule has 1 aliphatic rings. The third kappa shape index (κ3) is 2.95. The van der Waals surface area contributed by atoms with Crippen LogP contribution in [0.4, 0.5) is 11.5 Å². The van der Waals surface area contributed by atoms with E-state index >= 15 is 0 Å². The van der Waals surface area contributed by atoms with Crippen LogP contribution in [0.1, 0.15) is 18.4 Å². The van der Waals surface area contributed by atoms with E-state index in [1.54, 1.807) is 24.5 Å². The molecular weight excluding hydrogens is 254 g/mol. The Balaban J connectivity index is 1.62. The maximum absolute atomic E-state index is 8.72. The Morgan fingerprint density at radius 2 is 2.40 bits per heavy atom. The summed E-state index contributed by atoms with van der Waals surface area (Å²) >= 11 is 0. The highest BCUT2D eigenvalue weighted by molar-refractivity contribution is 5.54. The molecule has 0 spiro atoms. The van der Waals surface area contributed by atoms with Crippen molar-refractivity contribution in [3.05, 3.63) is 36.3 Å². The fraction of sp³-hybridized carbons (Fsp3) is 0.357. The van der Waals surface area contributed by atoms with E-state index in [1.165, 1.54) is 0 Å². The topological polar surface area (TPSA) is 75.8 Å². The lowest BCUT2D eigenvalue weighted by Gasteiger charge is -2.08. The number of nitrogens with zero attached hydrogens (tertiary/aromatic N) is 4. The molecule has 1 saturated heterocycles. The highest BCUT2D eigenvalue weighted by Crippen LogP contribution is 2.17. The second-order valence-corrected chi connectivity index (χ2v) is 4.75. The fourth-order valence-corrected chi connectivity index (χ4v) is 2.21. The van der Waals surface area contributed by atoms with Gasteiger partial charge in [-0.2, -0.15) is 10.4 Å². The van der Waals surface area contributed by atoms with Crippen LogP contribution in [0.25, 0.3) is 0 Å². The van der Waals surface area contributed by atoms with E-state index in [0.29, 0.717) is 11.4 Å². The number of hydrogen-bond acceptors (Lipinski definition) is 5. The van der Waals surface area contributed by atoms with Crippen LogP contribution >= 0.6 is 0 Å². The van der Waals surface area contributed by atoms with Gasteiger partial charge in [-0.15, -0.1) is 0 Å². The molecule has 1 N–H and O–H groups in total. The molecule has 6 nitrogen and oxygen atoms in total. The van der Waals surface area contributed by atoms with Gasteiger partial charge in [-0.3, -0.25) is 4.68 Å². The lowest BCUT2D eigenvalue weighted by Crippen LogP contribution is -2.15. The normalized spacial score (nSPS) is 17.9. The number of ether oxygens (including phenoxy) is 1. The molecule has 3 rings (SSSR count). The van der Waals surface area contributed by atoms with E-state index in [-0.39, 0.29) is 6.10 Å². The first-order chi connectivity index (χ1) is 9.83. The molecular formula is C14H15N5O. The quantitative estimate of drug-likeness (QED) is 0.919. The zero-order valence-electron chi connectivity index (χ0n) is 11.0. The number of hydrogen-bond donors (Lipinski definition) is 1. The molecule has 102 valence electrons. The lowest BCUT2D eigenvalue weighted by molar-refractivity contribution is 0.0940. The first-order valence-electron chi connectivity index (χ1n) is 6.61. The number of pyridine rings is 1. The zero-order valence-corrected chi connectivity index (χ0v) is 11.0. The molecule has 1 atom stereocenters. The number of nitrogens with one attached hydrogen (secondary N) is 1. The van der Waals surface area contributed by atoms with E-state index in [9.17, 15) is 0 Å². The van der Waals surface area contributed by atoms with Crippen molar-refractivity contribution in [2.45, 2.75) is 25.5 Å². The standard InChI is InChI=1S/C14H15N5O/c15-6-11-3-4-14(16-7-11)18-12-8-17-19(9-12)10-13-2-1-5-20-13/h3-4,7-9,13H,1-2,5,10H2,(H,16,18). The van der Waals surface area contributed by atoms with Gasteiger partial charge in [0.25, 0.3) is 0 Å². The van der Waals surface area contributed by atoms with E-state index in [0.717, 1.165) is 31.7 Å². The van der Waals surface area contributed by atoms with Crippen molar-refractivity contribution in [1.82, 2.24) is 14.8 Å². The number of anilines is 2. The van der Waals surface area contributed by atoms with Gasteiger partial charge in [0, 0.05) is 19.0 Å². The molecule has 0 saturated carbocycles. The molecule has 6 heteroatoms. The van der Waals surface area contributed by atoms with Crippen molar-refractivity contribution < 1.29 is 4.74 Å². The van der Waals surface area contributed by atoms with Gasteiger partial charge in [-0.1, -0.05) is 0 Å². The Bertz CT molecular complexity index is 607. The SMILES string of the molecule is N#Cc1ccc(Nc2cnn(CC3CCCO3)c2)nc1. The predicted molar refractivity (Wildman–Crippen MR) is 73.4 cm³/mol. The van der Waals surface area contributed by atoms with Crippen LogP contribution in [0.3, 0.4) is 0 Å². The van der Waals surface area contributed by atoms with Crippen LogP contribution < -0.4 is 5.32 Å². The first kappa shape index (κ1) is 12.6. The highest BCUT2D eigenvalue weighted by atomic mass is 16.5. The Morgan fingerprint density at radius 1 is 1.45 bits per heavy atom. The van der Waals surface area contributed by atoms with Gasteiger partial charge in [0.15, 0.2) is 0 Å². The third-order valence-electron chi connectivity index (χ3n) is 3.21. The molecule has 0 bridgehead atoms. The third-order valence-corrected chi connectivity index (χ3v) is 3.21. The van der Waals surface area contributed by atoms with Crippen LogP contribution in [-0.2, 0) is 11.3 Å². The maximum atomic E-state index is 8.72. The van der Waals surface area contributed by atoms with Gasteiger partial charge in [0.1, 0.15) is 11.9 Å². The van der Waals surface area contributed by atoms with E-state index in [4.69, 9.17) is 10.00 Å². The highest BCUT2D eigenvalue weighted by Gasteiger charge is 2.16. The van der Waals surface area contributed by atoms with Crippen molar-refractivity contribution in [3.63, 3.8) is 0 Å². The molecule has 0 amide bonds. The molecule has 1 aliphatic heterocycles. The fourth-order valence-electron chi connectivity index (χ4n) is 2.21. The van der Waals surface area contributed by atoms with Crippen LogP contribution in [0.15, 0.2) is 30.7 Å². The van der Waals surface area contributed by atoms with Gasteiger partial charge >= 0.3 is 0 Å². The van der Waals surface area contributed by atoms with Crippen molar-refractivity contribution >= 4 is 11.5 Å². The number of aromatic nitrogens is 3. The average Bonchev–Trinajstić information content (AvgIpc) is 3.12. The summed E-state index contributed by atoms with van der Waals surface area (Å²) in [6.07, 6.45) is 7.73. The van der Waals surface area contributed by atoms with Gasteiger partial charge in [0.05, 0.1) is 30.1 Å². The summed E-state index contributed by atoms with van der Waals surface area (Å²) in [5, 5.41) is 16.2. The molecule has 3 heterocycles. The molecule has 1 unspecified atom stereocenters. The van der Waals surface area contributed by atoms with Gasteiger partial charge in [0.2, 0.25) is 0 Å². The van der Waals surface area contributed by atoms with Crippen molar-refractivity contribution in [1.29, 1.82) is 5.26 Å². The van der Waals surface area contributed by atoms with Crippen molar-refractivity contribution in [2.24, 2.45) is 0 Å². The van der Waals surface area contributed by atoms with Gasteiger partial charge in [-0.05, 0) is 25.0 Å². The Labute approximate surface area is 117 Å². The van der Waals surface area contributed by atoms with E-state index in [1.807, 2.05) is 16.9 Å². The lowest BCUT2D eigenvalue weighted by atomic mass is 10.2. The molecule has 2 aromatic rings. The van der Waals surface area contributed by atoms with Crippen LogP contribution in [0.2, 0.25) is 0 Å². The minimum absolute atomic E-state index is 0.274. The maximum Gasteiger partial charge on any atom is 0.130 e. The zero-order chi connectivity index (χ0) is 13.8. The summed E-state index contributed by atoms with van der Waals surface area (Å²) in [6, 6.07) is 5.54.